The van der Waals surface area contributed by atoms with Crippen molar-refractivity contribution in [1.29, 1.82) is 0 Å². The largest absolute Gasteiger partial charge is 0.327 e. The van der Waals surface area contributed by atoms with Gasteiger partial charge in [-0.3, -0.25) is 0 Å². The first-order valence-corrected chi connectivity index (χ1v) is 8.49. The third-order valence-corrected chi connectivity index (χ3v) is 5.06. The lowest BCUT2D eigenvalue weighted by Gasteiger charge is -2.29. The quantitative estimate of drug-likeness (QED) is 0.865. The molecule has 0 bridgehead atoms. The highest BCUT2D eigenvalue weighted by Gasteiger charge is 2.22. The van der Waals surface area contributed by atoms with Crippen molar-refractivity contribution in [2.75, 3.05) is 0 Å². The Kier molecular flexibility index (Phi) is 5.17. The van der Waals surface area contributed by atoms with E-state index >= 15 is 0 Å². The molecular weight excluding hydrogens is 276 g/mol. The molecule has 21 heavy (non-hydrogen) atoms. The highest BCUT2D eigenvalue weighted by atomic mass is 32.1. The first kappa shape index (κ1) is 16.2. The monoisotopic (exact) mass is 302 g/mol. The van der Waals surface area contributed by atoms with Crippen LogP contribution in [0.3, 0.4) is 0 Å². The van der Waals surface area contributed by atoms with Crippen LogP contribution in [0.5, 0.6) is 0 Å². The highest BCUT2D eigenvalue weighted by molar-refractivity contribution is 7.09. The summed E-state index contributed by atoms with van der Waals surface area (Å²) < 4.78 is 0. The molecule has 0 amide bonds. The van der Waals surface area contributed by atoms with Crippen LogP contribution in [0.25, 0.3) is 11.3 Å². The lowest BCUT2D eigenvalue weighted by molar-refractivity contribution is 0.233. The number of aromatic nitrogens is 1. The molecule has 1 aromatic heterocycles. The van der Waals surface area contributed by atoms with Crippen molar-refractivity contribution < 1.29 is 0 Å². The fraction of sp³-hybridized carbons (Fsp3) is 0.500. The van der Waals surface area contributed by atoms with Crippen molar-refractivity contribution in [3.8, 4) is 11.3 Å². The number of nitrogens with zero attached hydrogens (tertiary/aromatic N) is 1. The average molecular weight is 302 g/mol. The van der Waals surface area contributed by atoms with E-state index in [1.807, 2.05) is 18.2 Å². The van der Waals surface area contributed by atoms with Gasteiger partial charge in [-0.1, -0.05) is 58.0 Å². The molecule has 0 spiro atoms. The van der Waals surface area contributed by atoms with Gasteiger partial charge in [0.15, 0.2) is 0 Å². The molecule has 2 nitrogen and oxygen atoms in total. The molecule has 3 heteroatoms. The van der Waals surface area contributed by atoms with E-state index in [1.165, 1.54) is 5.56 Å². The number of hydrogen-bond donors (Lipinski definition) is 1. The smallest absolute Gasteiger partial charge is 0.0948 e. The number of hydrogen-bond acceptors (Lipinski definition) is 3. The minimum atomic E-state index is 0.189. The maximum absolute atomic E-state index is 6.32. The van der Waals surface area contributed by atoms with Crippen LogP contribution < -0.4 is 5.73 Å². The maximum atomic E-state index is 6.32. The second-order valence-corrected chi connectivity index (χ2v) is 7.90. The molecule has 2 atom stereocenters. The van der Waals surface area contributed by atoms with Crippen molar-refractivity contribution >= 4 is 11.3 Å². The third-order valence-electron chi connectivity index (χ3n) is 4.19. The van der Waals surface area contributed by atoms with Gasteiger partial charge in [0.2, 0.25) is 0 Å². The predicted molar refractivity (Wildman–Crippen MR) is 92.5 cm³/mol. The van der Waals surface area contributed by atoms with Crippen LogP contribution in [0.4, 0.5) is 0 Å². The Morgan fingerprint density at radius 3 is 2.48 bits per heavy atom. The summed E-state index contributed by atoms with van der Waals surface area (Å²) in [4.78, 5) is 4.73. The molecule has 0 radical (unpaired) electrons. The minimum absolute atomic E-state index is 0.189. The van der Waals surface area contributed by atoms with Gasteiger partial charge in [-0.15, -0.1) is 11.3 Å². The van der Waals surface area contributed by atoms with E-state index in [1.54, 1.807) is 11.3 Å². The van der Waals surface area contributed by atoms with E-state index in [2.05, 4.69) is 45.2 Å². The first-order chi connectivity index (χ1) is 9.86. The summed E-state index contributed by atoms with van der Waals surface area (Å²) in [5.74, 6) is 0.612. The van der Waals surface area contributed by atoms with Crippen molar-refractivity contribution in [2.45, 2.75) is 46.6 Å². The zero-order valence-corrected chi connectivity index (χ0v) is 14.3. The van der Waals surface area contributed by atoms with E-state index in [-0.39, 0.29) is 6.04 Å². The summed E-state index contributed by atoms with van der Waals surface area (Å²) in [7, 11) is 0. The fourth-order valence-corrected chi connectivity index (χ4v) is 3.16. The molecule has 2 N–H and O–H groups in total. The summed E-state index contributed by atoms with van der Waals surface area (Å²) in [6, 6.07) is 10.5. The molecule has 2 unspecified atom stereocenters. The van der Waals surface area contributed by atoms with Gasteiger partial charge in [0.05, 0.1) is 10.7 Å². The van der Waals surface area contributed by atoms with Gasteiger partial charge < -0.3 is 5.73 Å². The Morgan fingerprint density at radius 1 is 1.19 bits per heavy atom. The summed E-state index contributed by atoms with van der Waals surface area (Å²) in [6.45, 7) is 9.13. The Balaban J connectivity index is 1.97. The molecule has 0 aliphatic rings. The molecule has 114 valence electrons. The van der Waals surface area contributed by atoms with E-state index in [0.29, 0.717) is 11.3 Å². The van der Waals surface area contributed by atoms with E-state index in [9.17, 15) is 0 Å². The Labute approximate surface area is 132 Å². The molecule has 0 fully saturated rings. The summed E-state index contributed by atoms with van der Waals surface area (Å²) in [6.07, 6.45) is 1.92. The van der Waals surface area contributed by atoms with Crippen LogP contribution >= 0.6 is 11.3 Å². The van der Waals surface area contributed by atoms with Crippen LogP contribution in [0.1, 0.15) is 39.1 Å². The van der Waals surface area contributed by atoms with Crippen molar-refractivity contribution in [1.82, 2.24) is 4.98 Å². The number of rotatable bonds is 5. The standard InChI is InChI=1S/C18H26N2S/c1-13(18(2,3)4)10-15(19)11-17-20-16(12-21-17)14-8-6-5-7-9-14/h5-9,12-13,15H,10-11,19H2,1-4H3. The fourth-order valence-electron chi connectivity index (χ4n) is 2.26. The highest BCUT2D eigenvalue weighted by Crippen LogP contribution is 2.30. The second-order valence-electron chi connectivity index (χ2n) is 6.96. The normalized spacial score (nSPS) is 14.9. The molecule has 0 saturated heterocycles. The van der Waals surface area contributed by atoms with Crippen LogP contribution in [0.2, 0.25) is 0 Å². The molecule has 1 heterocycles. The number of benzene rings is 1. The number of nitrogens with two attached hydrogens (primary N) is 1. The van der Waals surface area contributed by atoms with Crippen LogP contribution in [0.15, 0.2) is 35.7 Å². The lowest BCUT2D eigenvalue weighted by Crippen LogP contribution is -2.30. The van der Waals surface area contributed by atoms with Crippen molar-refractivity contribution in [2.24, 2.45) is 17.1 Å². The zero-order valence-electron chi connectivity index (χ0n) is 13.5. The minimum Gasteiger partial charge on any atom is -0.327 e. The Hall–Kier alpha value is -1.19. The van der Waals surface area contributed by atoms with E-state index in [4.69, 9.17) is 10.7 Å². The van der Waals surface area contributed by atoms with E-state index < -0.39 is 0 Å². The molecule has 2 rings (SSSR count). The topological polar surface area (TPSA) is 38.9 Å². The summed E-state index contributed by atoms with van der Waals surface area (Å²) in [5.41, 5.74) is 8.87. The predicted octanol–water partition coefficient (Wildman–Crippen LogP) is 4.75. The van der Waals surface area contributed by atoms with Gasteiger partial charge in [0.25, 0.3) is 0 Å². The van der Waals surface area contributed by atoms with Gasteiger partial charge >= 0.3 is 0 Å². The van der Waals surface area contributed by atoms with Crippen LogP contribution in [-0.2, 0) is 6.42 Å². The Morgan fingerprint density at radius 2 is 1.86 bits per heavy atom. The van der Waals surface area contributed by atoms with Gasteiger partial charge in [-0.2, -0.15) is 0 Å². The molecule has 2 aromatic rings. The molecule has 0 aliphatic heterocycles. The second kappa shape index (κ2) is 6.71. The Bertz CT molecular complexity index is 554. The average Bonchev–Trinajstić information content (AvgIpc) is 2.87. The van der Waals surface area contributed by atoms with Crippen molar-refractivity contribution in [3.63, 3.8) is 0 Å². The molecule has 1 aromatic carbocycles. The van der Waals surface area contributed by atoms with Gasteiger partial charge in [-0.05, 0) is 17.8 Å². The molecular formula is C18H26N2S. The SMILES string of the molecule is CC(CC(N)Cc1nc(-c2ccccc2)cs1)C(C)(C)C. The summed E-state index contributed by atoms with van der Waals surface area (Å²) in [5, 5.41) is 3.27. The third kappa shape index (κ3) is 4.65. The van der Waals surface area contributed by atoms with E-state index in [0.717, 1.165) is 23.5 Å². The van der Waals surface area contributed by atoms with Gasteiger partial charge in [0, 0.05) is 23.4 Å². The van der Waals surface area contributed by atoms with Crippen molar-refractivity contribution in [3.05, 3.63) is 40.7 Å². The molecule has 0 aliphatic carbocycles. The molecule has 0 saturated carbocycles. The number of thiazole rings is 1. The lowest BCUT2D eigenvalue weighted by atomic mass is 9.78. The van der Waals surface area contributed by atoms with Crippen LogP contribution in [0, 0.1) is 11.3 Å². The first-order valence-electron chi connectivity index (χ1n) is 7.61. The zero-order chi connectivity index (χ0) is 15.5. The maximum Gasteiger partial charge on any atom is 0.0948 e. The van der Waals surface area contributed by atoms with Gasteiger partial charge in [0.1, 0.15) is 0 Å². The van der Waals surface area contributed by atoms with Crippen LogP contribution in [-0.4, -0.2) is 11.0 Å². The summed E-state index contributed by atoms with van der Waals surface area (Å²) >= 11 is 1.72. The van der Waals surface area contributed by atoms with Gasteiger partial charge in [-0.25, -0.2) is 4.98 Å².